The molecule has 0 aromatic rings. The van der Waals surface area contributed by atoms with Gasteiger partial charge in [0.1, 0.15) is 0 Å². The number of aliphatic carboxylic acids is 1. The second-order valence-corrected chi connectivity index (χ2v) is 16.1. The number of carboxylic acid groups (broad SMARTS) is 1. The van der Waals surface area contributed by atoms with Crippen LogP contribution in [0.5, 0.6) is 0 Å². The third kappa shape index (κ3) is 8.95. The summed E-state index contributed by atoms with van der Waals surface area (Å²) in [5.74, 6) is -0.822. The van der Waals surface area contributed by atoms with Crippen molar-refractivity contribution in [3.8, 4) is 0 Å². The van der Waals surface area contributed by atoms with E-state index in [0.29, 0.717) is 6.61 Å². The van der Waals surface area contributed by atoms with Gasteiger partial charge in [-0.2, -0.15) is 0 Å². The third-order valence-electron chi connectivity index (χ3n) is 6.54. The van der Waals surface area contributed by atoms with Crippen LogP contribution in [0.15, 0.2) is 0 Å². The van der Waals surface area contributed by atoms with Crippen molar-refractivity contribution in [3.05, 3.63) is 0 Å². The van der Waals surface area contributed by atoms with E-state index in [9.17, 15) is 14.7 Å². The molecule has 0 aliphatic heterocycles. The van der Waals surface area contributed by atoms with Gasteiger partial charge in [0.25, 0.3) is 0 Å². The van der Waals surface area contributed by atoms with Gasteiger partial charge in [0, 0.05) is 0 Å². The molecule has 0 amide bonds. The molecule has 0 heterocycles. The maximum absolute atomic E-state index is 13.4. The summed E-state index contributed by atoms with van der Waals surface area (Å²) >= 11 is 0. The van der Waals surface area contributed by atoms with Crippen LogP contribution in [-0.4, -0.2) is 54.0 Å². The Morgan fingerprint density at radius 1 is 0.793 bits per heavy atom. The first-order chi connectivity index (χ1) is 13.7. The van der Waals surface area contributed by atoms with Crippen LogP contribution in [0.4, 0.5) is 0 Å². The van der Waals surface area contributed by atoms with Gasteiger partial charge in [0.2, 0.25) is 0 Å². The average molecular weight is 433 g/mol. The molecule has 0 rings (SSSR count). The summed E-state index contributed by atoms with van der Waals surface area (Å²) in [5.41, 5.74) is -0.437. The van der Waals surface area contributed by atoms with E-state index >= 15 is 0 Å². The molecule has 29 heavy (non-hydrogen) atoms. The fraction of sp³-hybridized carbons (Fsp3) is 0.917. The topological polar surface area (TPSA) is 63.6 Å². The van der Waals surface area contributed by atoms with E-state index in [1.807, 2.05) is 13.8 Å². The number of carboxylic acids is 1. The SMILES string of the molecule is CCCCP(CCCC)(CCCC)(CCCC)C(CC(=O)O)C(=O)OCC(C)C. The number of hydrogen-bond acceptors (Lipinski definition) is 3. The normalized spacial score (nSPS) is 14.4. The van der Waals surface area contributed by atoms with E-state index in [-0.39, 0.29) is 18.3 Å². The van der Waals surface area contributed by atoms with Gasteiger partial charge in [-0.1, -0.05) is 0 Å². The van der Waals surface area contributed by atoms with Crippen LogP contribution < -0.4 is 0 Å². The Bertz CT molecular complexity index is 432. The Morgan fingerprint density at radius 3 is 1.45 bits per heavy atom. The van der Waals surface area contributed by atoms with Gasteiger partial charge < -0.3 is 0 Å². The van der Waals surface area contributed by atoms with Crippen molar-refractivity contribution < 1.29 is 19.4 Å². The van der Waals surface area contributed by atoms with Crippen LogP contribution in [0.1, 0.15) is 99.3 Å². The molecule has 0 fully saturated rings. The Labute approximate surface area is 180 Å². The zero-order chi connectivity index (χ0) is 22.4. The van der Waals surface area contributed by atoms with E-state index in [1.54, 1.807) is 0 Å². The quantitative estimate of drug-likeness (QED) is 0.191. The molecule has 1 unspecified atom stereocenters. The first-order valence-corrected chi connectivity index (χ1v) is 15.1. The molecule has 0 aliphatic carbocycles. The molecule has 0 spiro atoms. The molecule has 0 bridgehead atoms. The minimum absolute atomic E-state index is 0.0599. The number of carbonyl (C=O) groups is 2. The predicted octanol–water partition coefficient (Wildman–Crippen LogP) is 6.78. The first-order valence-electron chi connectivity index (χ1n) is 12.1. The van der Waals surface area contributed by atoms with Crippen molar-refractivity contribution in [2.75, 3.05) is 31.3 Å². The number of esters is 1. The molecule has 5 heteroatoms. The van der Waals surface area contributed by atoms with Gasteiger partial charge in [0.15, 0.2) is 0 Å². The summed E-state index contributed by atoms with van der Waals surface area (Å²) < 4.78 is 5.75. The molecular weight excluding hydrogens is 383 g/mol. The van der Waals surface area contributed by atoms with Crippen molar-refractivity contribution >= 4 is 18.5 Å². The molecule has 1 N–H and O–H groups in total. The van der Waals surface area contributed by atoms with Gasteiger partial charge in [-0.25, -0.2) is 0 Å². The number of rotatable bonds is 18. The number of unbranched alkanes of at least 4 members (excludes halogenated alkanes) is 4. The van der Waals surface area contributed by atoms with E-state index in [1.165, 1.54) is 0 Å². The Kier molecular flexibility index (Phi) is 14.1. The first kappa shape index (κ1) is 28.4. The molecule has 0 saturated carbocycles. The van der Waals surface area contributed by atoms with E-state index in [2.05, 4.69) is 27.7 Å². The van der Waals surface area contributed by atoms with Gasteiger partial charge >= 0.3 is 180 Å². The molecule has 0 radical (unpaired) electrons. The Morgan fingerprint density at radius 2 is 1.17 bits per heavy atom. The number of ether oxygens (including phenoxy) is 1. The van der Waals surface area contributed by atoms with Crippen molar-refractivity contribution in [1.29, 1.82) is 0 Å². The molecule has 174 valence electrons. The fourth-order valence-electron chi connectivity index (χ4n) is 4.78. The molecule has 1 atom stereocenters. The molecule has 4 nitrogen and oxygen atoms in total. The predicted molar refractivity (Wildman–Crippen MR) is 128 cm³/mol. The van der Waals surface area contributed by atoms with Gasteiger partial charge in [-0.15, -0.1) is 0 Å². The minimum atomic E-state index is -2.62. The van der Waals surface area contributed by atoms with Crippen LogP contribution in [0.2, 0.25) is 0 Å². The molecular formula is C24H49O4P. The summed E-state index contributed by atoms with van der Waals surface area (Å²) in [6, 6.07) is 0. The van der Waals surface area contributed by atoms with E-state index in [4.69, 9.17) is 4.74 Å². The van der Waals surface area contributed by atoms with Crippen LogP contribution in [0.25, 0.3) is 0 Å². The summed E-state index contributed by atoms with van der Waals surface area (Å²) in [5, 5.41) is 9.80. The Balaban J connectivity index is 6.47. The second-order valence-electron chi connectivity index (χ2n) is 9.52. The number of carbonyl (C=O) groups excluding carboxylic acids is 1. The fourth-order valence-corrected chi connectivity index (χ4v) is 13.4. The van der Waals surface area contributed by atoms with Crippen molar-refractivity contribution in [2.24, 2.45) is 5.92 Å². The third-order valence-corrected chi connectivity index (χ3v) is 14.8. The zero-order valence-corrected chi connectivity index (χ0v) is 21.1. The van der Waals surface area contributed by atoms with Crippen LogP contribution in [0, 0.1) is 5.92 Å². The van der Waals surface area contributed by atoms with Gasteiger partial charge in [-0.3, -0.25) is 0 Å². The number of hydrogen-bond donors (Lipinski definition) is 1. The van der Waals surface area contributed by atoms with Crippen molar-refractivity contribution in [1.82, 2.24) is 0 Å². The van der Waals surface area contributed by atoms with Crippen LogP contribution in [-0.2, 0) is 14.3 Å². The monoisotopic (exact) mass is 432 g/mol. The molecule has 0 aliphatic rings. The van der Waals surface area contributed by atoms with Gasteiger partial charge in [0.05, 0.1) is 0 Å². The molecule has 0 aromatic heterocycles. The molecule has 0 saturated heterocycles. The van der Waals surface area contributed by atoms with E-state index < -0.39 is 18.2 Å². The van der Waals surface area contributed by atoms with Crippen LogP contribution in [0.3, 0.4) is 0 Å². The van der Waals surface area contributed by atoms with Crippen molar-refractivity contribution in [2.45, 2.75) is 105 Å². The second kappa shape index (κ2) is 14.4. The van der Waals surface area contributed by atoms with E-state index in [0.717, 1.165) is 76.0 Å². The summed E-state index contributed by atoms with van der Waals surface area (Å²) in [7, 11) is 0. The van der Waals surface area contributed by atoms with Crippen molar-refractivity contribution in [3.63, 3.8) is 0 Å². The zero-order valence-electron chi connectivity index (χ0n) is 20.2. The van der Waals surface area contributed by atoms with Gasteiger partial charge in [-0.05, 0) is 0 Å². The summed E-state index contributed by atoms with van der Waals surface area (Å²) in [6.45, 7) is 10.6. The summed E-state index contributed by atoms with van der Waals surface area (Å²) in [6.07, 6.45) is 12.8. The average Bonchev–Trinajstić information content (AvgIpc) is 2.69. The maximum atomic E-state index is 13.4. The molecule has 0 aromatic carbocycles. The van der Waals surface area contributed by atoms with Crippen LogP contribution >= 0.6 is 6.60 Å². The summed E-state index contributed by atoms with van der Waals surface area (Å²) in [4.78, 5) is 25.4. The standard InChI is InChI=1S/C24H49O4P/c1-7-11-15-29(16-12-8-2,17-13-9-3,18-14-10-4)22(19-23(25)26)24(27)28-20-21(5)6/h21-22H,7-20H2,1-6H3,(H,25,26). The Hall–Kier alpha value is -0.630.